The quantitative estimate of drug-likeness (QED) is 0.221. The number of hydrazone groups is 1. The van der Waals surface area contributed by atoms with Gasteiger partial charge in [0.05, 0.1) is 4.92 Å². The molecule has 5 rings (SSSR count). The molecule has 1 aromatic heterocycles. The van der Waals surface area contributed by atoms with Crippen LogP contribution in [0.5, 0.6) is 5.75 Å². The van der Waals surface area contributed by atoms with Gasteiger partial charge in [-0.1, -0.05) is 30.3 Å². The number of nitro groups is 1. The topological polar surface area (TPSA) is 124 Å². The van der Waals surface area contributed by atoms with E-state index in [1.165, 1.54) is 37.3 Å². The number of rotatable bonds is 6. The standard InChI is InChI=1S/C26H19N3O7/c1-16(30)28-26(18-7-9-19(10-8-18)29(32)33)36-24(27-28)15-34-20-11-12-21-22(17-5-3-2-4-6-17)14-25(31)35-23(21)13-20/h2-14,26H,15H2,1H3. The zero-order valence-corrected chi connectivity index (χ0v) is 19.0. The van der Waals surface area contributed by atoms with Crippen molar-refractivity contribution in [2.45, 2.75) is 13.2 Å². The highest BCUT2D eigenvalue weighted by molar-refractivity contribution is 5.93. The third-order valence-corrected chi connectivity index (χ3v) is 5.56. The Labute approximate surface area is 204 Å². The van der Waals surface area contributed by atoms with Crippen LogP contribution in [0.25, 0.3) is 22.1 Å². The first-order valence-corrected chi connectivity index (χ1v) is 10.9. The largest absolute Gasteiger partial charge is 0.484 e. The molecule has 0 radical (unpaired) electrons. The van der Waals surface area contributed by atoms with Gasteiger partial charge < -0.3 is 13.9 Å². The van der Waals surface area contributed by atoms with Crippen LogP contribution in [0.2, 0.25) is 0 Å². The summed E-state index contributed by atoms with van der Waals surface area (Å²) in [5.74, 6) is 0.192. The number of carbonyl (C=O) groups excluding carboxylic acids is 1. The van der Waals surface area contributed by atoms with Crippen LogP contribution < -0.4 is 10.4 Å². The third kappa shape index (κ3) is 4.51. The van der Waals surface area contributed by atoms with Crippen LogP contribution in [-0.2, 0) is 9.53 Å². The van der Waals surface area contributed by atoms with E-state index in [2.05, 4.69) is 5.10 Å². The molecule has 180 valence electrons. The smallest absolute Gasteiger partial charge is 0.336 e. The molecule has 1 aliphatic rings. The fourth-order valence-electron chi connectivity index (χ4n) is 3.88. The van der Waals surface area contributed by atoms with Crippen LogP contribution in [0, 0.1) is 10.1 Å². The minimum atomic E-state index is -0.870. The van der Waals surface area contributed by atoms with Crippen molar-refractivity contribution in [2.24, 2.45) is 5.10 Å². The molecule has 0 spiro atoms. The van der Waals surface area contributed by atoms with Crippen molar-refractivity contribution in [2.75, 3.05) is 6.61 Å². The highest BCUT2D eigenvalue weighted by atomic mass is 16.6. The zero-order valence-electron chi connectivity index (χ0n) is 19.0. The molecule has 0 N–H and O–H groups in total. The lowest BCUT2D eigenvalue weighted by molar-refractivity contribution is -0.384. The Morgan fingerprint density at radius 2 is 1.83 bits per heavy atom. The van der Waals surface area contributed by atoms with Gasteiger partial charge in [-0.05, 0) is 35.4 Å². The predicted molar refractivity (Wildman–Crippen MR) is 130 cm³/mol. The first-order chi connectivity index (χ1) is 17.4. The van der Waals surface area contributed by atoms with Crippen LogP contribution >= 0.6 is 0 Å². The molecule has 1 amide bonds. The number of hydrogen-bond acceptors (Lipinski definition) is 8. The van der Waals surface area contributed by atoms with Crippen LogP contribution in [0.15, 0.2) is 93.2 Å². The molecule has 3 aromatic carbocycles. The van der Waals surface area contributed by atoms with E-state index in [0.717, 1.165) is 21.5 Å². The van der Waals surface area contributed by atoms with E-state index in [-0.39, 0.29) is 24.1 Å². The summed E-state index contributed by atoms with van der Waals surface area (Å²) >= 11 is 0. The maximum Gasteiger partial charge on any atom is 0.336 e. The van der Waals surface area contributed by atoms with E-state index in [9.17, 15) is 19.7 Å². The molecular formula is C26H19N3O7. The molecule has 0 saturated heterocycles. The highest BCUT2D eigenvalue weighted by Crippen LogP contribution is 2.31. The SMILES string of the molecule is CC(=O)N1N=C(COc2ccc3c(-c4ccccc4)cc(=O)oc3c2)OC1c1ccc([N+](=O)[O-])cc1. The Bertz CT molecular complexity index is 1550. The van der Waals surface area contributed by atoms with Crippen molar-refractivity contribution in [3.05, 3.63) is 105 Å². The predicted octanol–water partition coefficient (Wildman–Crippen LogP) is 4.64. The minimum absolute atomic E-state index is 0.0750. The van der Waals surface area contributed by atoms with Gasteiger partial charge in [0.2, 0.25) is 18.0 Å². The molecule has 1 unspecified atom stereocenters. The molecular weight excluding hydrogens is 466 g/mol. The van der Waals surface area contributed by atoms with E-state index < -0.39 is 16.8 Å². The monoisotopic (exact) mass is 485 g/mol. The molecule has 0 bridgehead atoms. The molecule has 10 nitrogen and oxygen atoms in total. The zero-order chi connectivity index (χ0) is 25.2. The number of non-ortho nitro benzene ring substituents is 1. The number of ether oxygens (including phenoxy) is 2. The van der Waals surface area contributed by atoms with Gasteiger partial charge in [0, 0.05) is 42.1 Å². The van der Waals surface area contributed by atoms with E-state index in [1.807, 2.05) is 30.3 Å². The lowest BCUT2D eigenvalue weighted by atomic mass is 10.0. The van der Waals surface area contributed by atoms with Crippen molar-refractivity contribution in [3.63, 3.8) is 0 Å². The van der Waals surface area contributed by atoms with Gasteiger partial charge in [-0.3, -0.25) is 14.9 Å². The van der Waals surface area contributed by atoms with Crippen molar-refractivity contribution >= 4 is 28.5 Å². The molecule has 1 atom stereocenters. The molecule has 1 aliphatic heterocycles. The van der Waals surface area contributed by atoms with Crippen molar-refractivity contribution < 1.29 is 23.6 Å². The second-order valence-corrected chi connectivity index (χ2v) is 7.97. The number of carbonyl (C=O) groups is 1. The van der Waals surface area contributed by atoms with Crippen LogP contribution in [0.4, 0.5) is 5.69 Å². The normalized spacial score (nSPS) is 14.9. The third-order valence-electron chi connectivity index (χ3n) is 5.56. The number of nitro benzene ring substituents is 1. The number of amides is 1. The van der Waals surface area contributed by atoms with Crippen molar-refractivity contribution in [1.82, 2.24) is 5.01 Å². The second-order valence-electron chi connectivity index (χ2n) is 7.97. The van der Waals surface area contributed by atoms with Crippen molar-refractivity contribution in [1.29, 1.82) is 0 Å². The Kier molecular flexibility index (Phi) is 5.91. The van der Waals surface area contributed by atoms with E-state index in [0.29, 0.717) is 16.9 Å². The summed E-state index contributed by atoms with van der Waals surface area (Å²) in [6.07, 6.45) is -0.870. The van der Waals surface area contributed by atoms with Crippen LogP contribution in [-0.4, -0.2) is 28.3 Å². The summed E-state index contributed by atoms with van der Waals surface area (Å²) in [7, 11) is 0. The summed E-state index contributed by atoms with van der Waals surface area (Å²) in [6.45, 7) is 1.24. The first-order valence-electron chi connectivity index (χ1n) is 10.9. The number of nitrogens with zero attached hydrogens (tertiary/aromatic N) is 3. The molecule has 0 fully saturated rings. The van der Waals surface area contributed by atoms with Gasteiger partial charge >= 0.3 is 5.63 Å². The Balaban J connectivity index is 1.35. The van der Waals surface area contributed by atoms with Crippen LogP contribution in [0.3, 0.4) is 0 Å². The molecule has 4 aromatic rings. The van der Waals surface area contributed by atoms with Gasteiger partial charge in [-0.2, -0.15) is 5.01 Å². The summed E-state index contributed by atoms with van der Waals surface area (Å²) in [6, 6.07) is 21.8. The Morgan fingerprint density at radius 1 is 1.08 bits per heavy atom. The second kappa shape index (κ2) is 9.34. The first kappa shape index (κ1) is 22.8. The van der Waals surface area contributed by atoms with E-state index in [1.54, 1.807) is 18.2 Å². The van der Waals surface area contributed by atoms with E-state index >= 15 is 0 Å². The summed E-state index contributed by atoms with van der Waals surface area (Å²) < 4.78 is 17.0. The lowest BCUT2D eigenvalue weighted by Gasteiger charge is -2.19. The maximum atomic E-state index is 12.2. The minimum Gasteiger partial charge on any atom is -0.484 e. The average Bonchev–Trinajstić information content (AvgIpc) is 3.32. The van der Waals surface area contributed by atoms with Gasteiger partial charge in [0.15, 0.2) is 6.61 Å². The molecule has 2 heterocycles. The Morgan fingerprint density at radius 3 is 2.53 bits per heavy atom. The van der Waals surface area contributed by atoms with Gasteiger partial charge in [0.25, 0.3) is 5.69 Å². The van der Waals surface area contributed by atoms with Gasteiger partial charge in [-0.25, -0.2) is 4.79 Å². The van der Waals surface area contributed by atoms with Crippen molar-refractivity contribution in [3.8, 4) is 16.9 Å². The highest BCUT2D eigenvalue weighted by Gasteiger charge is 2.33. The molecule has 0 saturated carbocycles. The fraction of sp³-hybridized carbons (Fsp3) is 0.115. The van der Waals surface area contributed by atoms with Gasteiger partial charge in [0.1, 0.15) is 11.3 Å². The average molecular weight is 485 g/mol. The number of hydrogen-bond donors (Lipinski definition) is 0. The molecule has 36 heavy (non-hydrogen) atoms. The van der Waals surface area contributed by atoms with Crippen LogP contribution in [0.1, 0.15) is 18.7 Å². The number of fused-ring (bicyclic) bond motifs is 1. The van der Waals surface area contributed by atoms with Gasteiger partial charge in [-0.15, -0.1) is 5.10 Å². The maximum absolute atomic E-state index is 12.2. The summed E-state index contributed by atoms with van der Waals surface area (Å²) in [5, 5.41) is 17.0. The van der Waals surface area contributed by atoms with E-state index in [4.69, 9.17) is 13.9 Å². The lowest BCUT2D eigenvalue weighted by Crippen LogP contribution is -2.25. The molecule has 10 heteroatoms. The summed E-state index contributed by atoms with van der Waals surface area (Å²) in [5.41, 5.74) is 1.97. The molecule has 0 aliphatic carbocycles. The fourth-order valence-corrected chi connectivity index (χ4v) is 3.88. The summed E-state index contributed by atoms with van der Waals surface area (Å²) in [4.78, 5) is 34.7. The number of benzene rings is 3. The Hall–Kier alpha value is -4.99.